The fourth-order valence-corrected chi connectivity index (χ4v) is 3.86. The Hall–Kier alpha value is -3.20. The number of hydrogen-bond donors (Lipinski definition) is 0. The number of benzene rings is 1. The molecule has 0 spiro atoms. The van der Waals surface area contributed by atoms with Gasteiger partial charge in [0.05, 0.1) is 0 Å². The van der Waals surface area contributed by atoms with Crippen molar-refractivity contribution in [2.24, 2.45) is 0 Å². The van der Waals surface area contributed by atoms with Crippen LogP contribution in [-0.4, -0.2) is 56.8 Å². The predicted molar refractivity (Wildman–Crippen MR) is 115 cm³/mol. The Balaban J connectivity index is 1.35. The quantitative estimate of drug-likeness (QED) is 0.460. The lowest BCUT2D eigenvalue weighted by Crippen LogP contribution is -2.49. The average molecular weight is 467 g/mol. The fraction of sp³-hybridized carbons (Fsp3) is 0.238. The number of hydrogen-bond acceptors (Lipinski definition) is 6. The van der Waals surface area contributed by atoms with Crippen LogP contribution in [0.2, 0.25) is 0 Å². The number of halogens is 1. The highest BCUT2D eigenvalue weighted by atomic mass is 79.9. The number of carbonyl (C=O) groups is 1. The Bertz CT molecular complexity index is 1210. The molecule has 1 aliphatic heterocycles. The first-order valence-corrected chi connectivity index (χ1v) is 10.5. The van der Waals surface area contributed by atoms with Gasteiger partial charge in [-0.05, 0) is 47.1 Å². The molecule has 1 aromatic carbocycles. The third kappa shape index (κ3) is 3.45. The summed E-state index contributed by atoms with van der Waals surface area (Å²) in [5, 5.41) is 13.3. The smallest absolute Gasteiger partial charge is 0.289 e. The number of furan rings is 1. The Morgan fingerprint density at radius 1 is 0.967 bits per heavy atom. The minimum Gasteiger partial charge on any atom is -0.444 e. The molecule has 9 heteroatoms. The number of anilines is 1. The van der Waals surface area contributed by atoms with Gasteiger partial charge in [0.25, 0.3) is 5.91 Å². The SMILES string of the molecule is Cc1ccc(-c2nnc3ccc(N4CCN(C(=O)c5ccc(Br)o5)CC4)nn23)cc1. The van der Waals surface area contributed by atoms with Crippen molar-refractivity contribution in [2.45, 2.75) is 6.92 Å². The highest BCUT2D eigenvalue weighted by Crippen LogP contribution is 2.22. The predicted octanol–water partition coefficient (Wildman–Crippen LogP) is 3.42. The number of rotatable bonds is 3. The first kappa shape index (κ1) is 18.8. The lowest BCUT2D eigenvalue weighted by atomic mass is 10.1. The standard InChI is InChI=1S/C21H19BrN6O2/c1-14-2-4-15(5-3-14)20-24-23-18-8-9-19(25-28(18)20)26-10-12-27(13-11-26)21(29)16-6-7-17(22)30-16/h2-9H,10-13H2,1H3. The van der Waals surface area contributed by atoms with Crippen LogP contribution in [0.5, 0.6) is 0 Å². The number of fused-ring (bicyclic) bond motifs is 1. The minimum absolute atomic E-state index is 0.0933. The molecule has 0 aliphatic carbocycles. The Labute approximate surface area is 181 Å². The maximum Gasteiger partial charge on any atom is 0.289 e. The number of piperazine rings is 1. The maximum atomic E-state index is 12.6. The van der Waals surface area contributed by atoms with Crippen LogP contribution in [-0.2, 0) is 0 Å². The van der Waals surface area contributed by atoms with Gasteiger partial charge < -0.3 is 14.2 Å². The van der Waals surface area contributed by atoms with Gasteiger partial charge in [-0.1, -0.05) is 29.8 Å². The Morgan fingerprint density at radius 2 is 1.73 bits per heavy atom. The summed E-state index contributed by atoms with van der Waals surface area (Å²) in [6.45, 7) is 4.63. The summed E-state index contributed by atoms with van der Waals surface area (Å²) < 4.78 is 7.73. The van der Waals surface area contributed by atoms with Crippen LogP contribution >= 0.6 is 15.9 Å². The third-order valence-electron chi connectivity index (χ3n) is 5.23. The molecule has 30 heavy (non-hydrogen) atoms. The van der Waals surface area contributed by atoms with Crippen LogP contribution in [0, 0.1) is 6.92 Å². The van der Waals surface area contributed by atoms with Crippen molar-refractivity contribution in [3.8, 4) is 11.4 Å². The number of nitrogens with zero attached hydrogens (tertiary/aromatic N) is 6. The number of aryl methyl sites for hydroxylation is 1. The topological polar surface area (TPSA) is 79.8 Å². The van der Waals surface area contributed by atoms with Crippen molar-refractivity contribution in [1.29, 1.82) is 0 Å². The number of amides is 1. The number of aromatic nitrogens is 4. The summed E-state index contributed by atoms with van der Waals surface area (Å²) in [5.74, 6) is 1.80. The monoisotopic (exact) mass is 466 g/mol. The van der Waals surface area contributed by atoms with E-state index >= 15 is 0 Å². The summed E-state index contributed by atoms with van der Waals surface area (Å²) in [7, 11) is 0. The first-order chi connectivity index (χ1) is 14.6. The van der Waals surface area contributed by atoms with Crippen molar-refractivity contribution in [3.63, 3.8) is 0 Å². The number of carbonyl (C=O) groups excluding carboxylic acids is 1. The molecule has 8 nitrogen and oxygen atoms in total. The molecule has 4 aromatic rings. The second-order valence-corrected chi connectivity index (χ2v) is 8.02. The van der Waals surface area contributed by atoms with E-state index in [4.69, 9.17) is 9.52 Å². The van der Waals surface area contributed by atoms with E-state index in [0.29, 0.717) is 48.1 Å². The van der Waals surface area contributed by atoms with E-state index in [-0.39, 0.29) is 5.91 Å². The second kappa shape index (κ2) is 7.56. The highest BCUT2D eigenvalue weighted by Gasteiger charge is 2.25. The summed E-state index contributed by atoms with van der Waals surface area (Å²) >= 11 is 3.24. The van der Waals surface area contributed by atoms with Crippen LogP contribution in [0.1, 0.15) is 16.1 Å². The minimum atomic E-state index is -0.0933. The van der Waals surface area contributed by atoms with Gasteiger partial charge in [-0.3, -0.25) is 4.79 Å². The molecule has 0 unspecified atom stereocenters. The summed E-state index contributed by atoms with van der Waals surface area (Å²) in [6.07, 6.45) is 0. The van der Waals surface area contributed by atoms with Crippen LogP contribution in [0.15, 0.2) is 57.6 Å². The third-order valence-corrected chi connectivity index (χ3v) is 5.66. The van der Waals surface area contributed by atoms with E-state index in [1.165, 1.54) is 5.56 Å². The van der Waals surface area contributed by atoms with Gasteiger partial charge in [0, 0.05) is 31.7 Å². The van der Waals surface area contributed by atoms with E-state index < -0.39 is 0 Å². The normalized spacial score (nSPS) is 14.5. The summed E-state index contributed by atoms with van der Waals surface area (Å²) in [4.78, 5) is 16.5. The summed E-state index contributed by atoms with van der Waals surface area (Å²) in [5.41, 5.74) is 2.86. The van der Waals surface area contributed by atoms with E-state index in [0.717, 1.165) is 11.4 Å². The van der Waals surface area contributed by atoms with Gasteiger partial charge in [-0.2, -0.15) is 4.52 Å². The van der Waals surface area contributed by atoms with Gasteiger partial charge in [-0.25, -0.2) is 0 Å². The van der Waals surface area contributed by atoms with Crippen LogP contribution in [0.3, 0.4) is 0 Å². The summed E-state index contributed by atoms with van der Waals surface area (Å²) in [6, 6.07) is 15.4. The zero-order valence-corrected chi connectivity index (χ0v) is 17.9. The maximum absolute atomic E-state index is 12.6. The molecule has 1 amide bonds. The lowest BCUT2D eigenvalue weighted by Gasteiger charge is -2.34. The zero-order valence-electron chi connectivity index (χ0n) is 16.3. The molecule has 5 rings (SSSR count). The van der Waals surface area contributed by atoms with E-state index in [2.05, 4.69) is 38.0 Å². The van der Waals surface area contributed by atoms with Crippen LogP contribution < -0.4 is 4.90 Å². The van der Waals surface area contributed by atoms with E-state index in [1.54, 1.807) is 21.5 Å². The Kier molecular flexibility index (Phi) is 4.74. The molecule has 152 valence electrons. The lowest BCUT2D eigenvalue weighted by molar-refractivity contribution is 0.0713. The van der Waals surface area contributed by atoms with Gasteiger partial charge in [-0.15, -0.1) is 15.3 Å². The van der Waals surface area contributed by atoms with Crippen molar-refractivity contribution in [2.75, 3.05) is 31.1 Å². The molecule has 0 saturated carbocycles. The molecule has 1 saturated heterocycles. The van der Waals surface area contributed by atoms with Gasteiger partial charge in [0.1, 0.15) is 5.82 Å². The molecule has 3 aromatic heterocycles. The first-order valence-electron chi connectivity index (χ1n) is 9.67. The van der Waals surface area contributed by atoms with Crippen LogP contribution in [0.4, 0.5) is 5.82 Å². The molecule has 4 heterocycles. The van der Waals surface area contributed by atoms with Crippen molar-refractivity contribution in [3.05, 3.63) is 64.5 Å². The molecule has 1 fully saturated rings. The molecule has 0 atom stereocenters. The largest absolute Gasteiger partial charge is 0.444 e. The van der Waals surface area contributed by atoms with Gasteiger partial charge >= 0.3 is 0 Å². The molecular weight excluding hydrogens is 448 g/mol. The average Bonchev–Trinajstić information content (AvgIpc) is 3.40. The van der Waals surface area contributed by atoms with E-state index in [9.17, 15) is 4.79 Å². The highest BCUT2D eigenvalue weighted by molar-refractivity contribution is 9.10. The van der Waals surface area contributed by atoms with Gasteiger partial charge in [0.2, 0.25) is 0 Å². The molecular formula is C21H19BrN6O2. The Morgan fingerprint density at radius 3 is 2.43 bits per heavy atom. The molecule has 1 aliphatic rings. The fourth-order valence-electron chi connectivity index (χ4n) is 3.55. The zero-order chi connectivity index (χ0) is 20.7. The van der Waals surface area contributed by atoms with Crippen molar-refractivity contribution < 1.29 is 9.21 Å². The van der Waals surface area contributed by atoms with Crippen LogP contribution in [0.25, 0.3) is 17.0 Å². The second-order valence-electron chi connectivity index (χ2n) is 7.23. The van der Waals surface area contributed by atoms with Crippen molar-refractivity contribution in [1.82, 2.24) is 24.7 Å². The molecule has 0 N–H and O–H groups in total. The molecule has 0 bridgehead atoms. The van der Waals surface area contributed by atoms with Gasteiger partial charge in [0.15, 0.2) is 21.9 Å². The van der Waals surface area contributed by atoms with E-state index in [1.807, 2.05) is 36.4 Å². The molecule has 0 radical (unpaired) electrons. The van der Waals surface area contributed by atoms with Crippen molar-refractivity contribution >= 4 is 33.3 Å².